The van der Waals surface area contributed by atoms with Gasteiger partial charge in [-0.3, -0.25) is 9.69 Å². The van der Waals surface area contributed by atoms with Gasteiger partial charge in [-0.15, -0.1) is 0 Å². The first-order chi connectivity index (χ1) is 16.0. The summed E-state index contributed by atoms with van der Waals surface area (Å²) in [6, 6.07) is 25.8. The number of amides is 1. The molecule has 4 aromatic rings. The van der Waals surface area contributed by atoms with Gasteiger partial charge in [0.1, 0.15) is 11.5 Å². The van der Waals surface area contributed by atoms with Crippen LogP contribution in [-0.2, 0) is 4.79 Å². The van der Waals surface area contributed by atoms with Gasteiger partial charge in [0.05, 0.1) is 21.4 Å². The fourth-order valence-corrected chi connectivity index (χ4v) is 4.33. The lowest BCUT2D eigenvalue weighted by molar-refractivity contribution is -0.113. The van der Waals surface area contributed by atoms with Gasteiger partial charge >= 0.3 is 0 Å². The highest BCUT2D eigenvalue weighted by Gasteiger charge is 2.31. The van der Waals surface area contributed by atoms with E-state index in [1.807, 2.05) is 54.6 Å². The molecule has 3 nitrogen and oxygen atoms in total. The molecule has 1 amide bonds. The summed E-state index contributed by atoms with van der Waals surface area (Å²) >= 11 is 18.9. The van der Waals surface area contributed by atoms with Gasteiger partial charge in [-0.2, -0.15) is 0 Å². The molecule has 0 N–H and O–H groups in total. The lowest BCUT2D eigenvalue weighted by Crippen LogP contribution is -2.25. The van der Waals surface area contributed by atoms with Crippen molar-refractivity contribution in [2.75, 3.05) is 4.90 Å². The van der Waals surface area contributed by atoms with Crippen LogP contribution in [-0.4, -0.2) is 5.91 Å². The van der Waals surface area contributed by atoms with E-state index in [-0.39, 0.29) is 5.91 Å². The summed E-state index contributed by atoms with van der Waals surface area (Å²) in [7, 11) is 0. The molecule has 3 aromatic carbocycles. The summed E-state index contributed by atoms with van der Waals surface area (Å²) < 4.78 is 5.98. The van der Waals surface area contributed by atoms with Crippen LogP contribution in [0.4, 0.5) is 5.69 Å². The van der Waals surface area contributed by atoms with E-state index in [0.717, 1.165) is 11.3 Å². The predicted molar refractivity (Wildman–Crippen MR) is 135 cm³/mol. The van der Waals surface area contributed by atoms with Gasteiger partial charge in [0.2, 0.25) is 0 Å². The van der Waals surface area contributed by atoms with Crippen LogP contribution in [0.1, 0.15) is 11.3 Å². The Balaban J connectivity index is 1.57. The van der Waals surface area contributed by atoms with E-state index in [1.165, 1.54) is 0 Å². The minimum absolute atomic E-state index is 0.194. The zero-order valence-corrected chi connectivity index (χ0v) is 19.4. The molecule has 0 bridgehead atoms. The van der Waals surface area contributed by atoms with Crippen LogP contribution >= 0.6 is 34.8 Å². The summed E-state index contributed by atoms with van der Waals surface area (Å²) in [6.45, 7) is 0. The predicted octanol–water partition coefficient (Wildman–Crippen LogP) is 8.38. The molecular formula is C27H16Cl3NO2. The van der Waals surface area contributed by atoms with Crippen LogP contribution in [0.5, 0.6) is 0 Å². The van der Waals surface area contributed by atoms with Crippen molar-refractivity contribution in [2.45, 2.75) is 0 Å². The van der Waals surface area contributed by atoms with Crippen molar-refractivity contribution in [1.29, 1.82) is 0 Å². The number of carbonyl (C=O) groups excluding carboxylic acids is 1. The maximum atomic E-state index is 13.5. The molecule has 0 unspecified atom stereocenters. The number of hydrogen-bond acceptors (Lipinski definition) is 2. The van der Waals surface area contributed by atoms with Crippen LogP contribution in [0.25, 0.3) is 23.1 Å². The molecule has 0 atom stereocenters. The second-order valence-corrected chi connectivity index (χ2v) is 8.66. The molecule has 0 aliphatic carbocycles. The Labute approximate surface area is 206 Å². The SMILES string of the molecule is O=C1/C(=C/c2ccc(-c3cc(Cl)ccc3Cl)o2)C=C(c2ccccc2)N1c1ccccc1Cl. The minimum atomic E-state index is -0.194. The van der Waals surface area contributed by atoms with E-state index < -0.39 is 0 Å². The lowest BCUT2D eigenvalue weighted by atomic mass is 10.1. The van der Waals surface area contributed by atoms with Gasteiger partial charge < -0.3 is 4.42 Å². The molecule has 0 saturated heterocycles. The standard InChI is InChI=1S/C27H16Cl3NO2/c28-19-10-12-22(29)21(16-19)26-13-11-20(33-26)14-18-15-25(17-6-2-1-3-7-17)31(27(18)32)24-9-5-4-8-23(24)30/h1-16H/b18-14+. The number of carbonyl (C=O) groups is 1. The number of rotatable bonds is 4. The summed E-state index contributed by atoms with van der Waals surface area (Å²) in [6.07, 6.45) is 3.56. The second-order valence-electron chi connectivity index (χ2n) is 7.41. The van der Waals surface area contributed by atoms with Gasteiger partial charge in [0.15, 0.2) is 0 Å². The average molecular weight is 493 g/mol. The van der Waals surface area contributed by atoms with E-state index in [9.17, 15) is 4.79 Å². The van der Waals surface area contributed by atoms with Gasteiger partial charge in [-0.25, -0.2) is 0 Å². The molecule has 0 saturated carbocycles. The first kappa shape index (κ1) is 21.6. The van der Waals surface area contributed by atoms with Crippen LogP contribution in [0.2, 0.25) is 15.1 Å². The Morgan fingerprint density at radius 2 is 1.55 bits per heavy atom. The van der Waals surface area contributed by atoms with E-state index >= 15 is 0 Å². The zero-order chi connectivity index (χ0) is 22.9. The zero-order valence-electron chi connectivity index (χ0n) is 17.1. The third-order valence-electron chi connectivity index (χ3n) is 5.26. The molecule has 0 fully saturated rings. The van der Waals surface area contributed by atoms with Crippen LogP contribution in [0, 0.1) is 0 Å². The highest BCUT2D eigenvalue weighted by Crippen LogP contribution is 2.39. The van der Waals surface area contributed by atoms with Crippen molar-refractivity contribution >= 4 is 58.2 Å². The summed E-state index contributed by atoms with van der Waals surface area (Å²) in [5.74, 6) is 0.893. The monoisotopic (exact) mass is 491 g/mol. The maximum Gasteiger partial charge on any atom is 0.263 e. The molecule has 2 heterocycles. The third-order valence-corrected chi connectivity index (χ3v) is 6.15. The fraction of sp³-hybridized carbons (Fsp3) is 0. The Morgan fingerprint density at radius 3 is 2.33 bits per heavy atom. The quantitative estimate of drug-likeness (QED) is 0.268. The Bertz CT molecular complexity index is 1420. The van der Waals surface area contributed by atoms with Gasteiger partial charge in [-0.1, -0.05) is 77.3 Å². The topological polar surface area (TPSA) is 33.5 Å². The van der Waals surface area contributed by atoms with Crippen molar-refractivity contribution < 1.29 is 9.21 Å². The Hall–Kier alpha value is -3.24. The van der Waals surface area contributed by atoms with Crippen molar-refractivity contribution in [1.82, 2.24) is 0 Å². The summed E-state index contributed by atoms with van der Waals surface area (Å²) in [5.41, 5.74) is 3.43. The molecule has 0 spiro atoms. The number of nitrogens with zero attached hydrogens (tertiary/aromatic N) is 1. The van der Waals surface area contributed by atoms with Gasteiger partial charge in [0, 0.05) is 16.2 Å². The largest absolute Gasteiger partial charge is 0.457 e. The molecule has 33 heavy (non-hydrogen) atoms. The van der Waals surface area contributed by atoms with Crippen molar-refractivity contribution in [3.63, 3.8) is 0 Å². The molecule has 162 valence electrons. The van der Waals surface area contributed by atoms with E-state index in [4.69, 9.17) is 39.2 Å². The number of para-hydroxylation sites is 1. The third kappa shape index (κ3) is 4.23. The lowest BCUT2D eigenvalue weighted by Gasteiger charge is -2.21. The average Bonchev–Trinajstić information content (AvgIpc) is 3.41. The Kier molecular flexibility index (Phi) is 5.86. The van der Waals surface area contributed by atoms with Crippen molar-refractivity contribution in [3.8, 4) is 11.3 Å². The molecule has 0 radical (unpaired) electrons. The molecule has 1 aliphatic heterocycles. The number of hydrogen-bond donors (Lipinski definition) is 0. The molecule has 1 aliphatic rings. The number of halogens is 3. The molecule has 6 heteroatoms. The highest BCUT2D eigenvalue weighted by atomic mass is 35.5. The Morgan fingerprint density at radius 1 is 0.788 bits per heavy atom. The van der Waals surface area contributed by atoms with Gasteiger partial charge in [0.25, 0.3) is 5.91 Å². The van der Waals surface area contributed by atoms with Crippen LogP contribution < -0.4 is 4.90 Å². The smallest absolute Gasteiger partial charge is 0.263 e. The highest BCUT2D eigenvalue weighted by molar-refractivity contribution is 6.36. The maximum absolute atomic E-state index is 13.5. The molecule has 5 rings (SSSR count). The fourth-order valence-electron chi connectivity index (χ4n) is 3.72. The van der Waals surface area contributed by atoms with E-state index in [1.54, 1.807) is 47.4 Å². The number of anilines is 1. The number of benzene rings is 3. The van der Waals surface area contributed by atoms with Crippen LogP contribution in [0.3, 0.4) is 0 Å². The second kappa shape index (κ2) is 8.95. The van der Waals surface area contributed by atoms with Gasteiger partial charge in [-0.05, 0) is 60.2 Å². The number of furan rings is 1. The normalized spacial score (nSPS) is 14.8. The first-order valence-corrected chi connectivity index (χ1v) is 11.3. The first-order valence-electron chi connectivity index (χ1n) is 10.1. The van der Waals surface area contributed by atoms with Crippen LogP contribution in [0.15, 0.2) is 101 Å². The summed E-state index contributed by atoms with van der Waals surface area (Å²) in [4.78, 5) is 15.1. The molecule has 1 aromatic heterocycles. The van der Waals surface area contributed by atoms with Crippen molar-refractivity contribution in [3.05, 3.63) is 123 Å². The summed E-state index contributed by atoms with van der Waals surface area (Å²) in [5, 5.41) is 1.58. The minimum Gasteiger partial charge on any atom is -0.457 e. The van der Waals surface area contributed by atoms with E-state index in [2.05, 4.69) is 0 Å². The van der Waals surface area contributed by atoms with E-state index in [0.29, 0.717) is 43.4 Å². The van der Waals surface area contributed by atoms with Crippen molar-refractivity contribution in [2.24, 2.45) is 0 Å². The molecular weight excluding hydrogens is 477 g/mol.